The number of benzene rings is 1. The van der Waals surface area contributed by atoms with Gasteiger partial charge in [0.1, 0.15) is 0 Å². The first-order valence-corrected chi connectivity index (χ1v) is 5.66. The van der Waals surface area contributed by atoms with Gasteiger partial charge in [-0.2, -0.15) is 0 Å². The molecule has 4 heteroatoms. The number of aryl methyl sites for hydroxylation is 1. The number of hydrogen-bond acceptors (Lipinski definition) is 4. The molecule has 0 radical (unpaired) electrons. The Morgan fingerprint density at radius 3 is 2.06 bits per heavy atom. The molecule has 1 aliphatic rings. The predicted molar refractivity (Wildman–Crippen MR) is 65.9 cm³/mol. The highest BCUT2D eigenvalue weighted by Crippen LogP contribution is 2.53. The molecule has 0 spiro atoms. The third kappa shape index (κ3) is 1.82. The maximum atomic E-state index is 6.28. The van der Waals surface area contributed by atoms with Gasteiger partial charge in [0.15, 0.2) is 11.5 Å². The van der Waals surface area contributed by atoms with Crippen LogP contribution in [0.25, 0.3) is 0 Å². The Morgan fingerprint density at radius 2 is 1.65 bits per heavy atom. The molecule has 2 N–H and O–H groups in total. The third-order valence-corrected chi connectivity index (χ3v) is 3.31. The summed E-state index contributed by atoms with van der Waals surface area (Å²) in [7, 11) is 4.85. The Balaban J connectivity index is 2.66. The van der Waals surface area contributed by atoms with Crippen molar-refractivity contribution in [1.29, 1.82) is 0 Å². The van der Waals surface area contributed by atoms with E-state index < -0.39 is 0 Å². The van der Waals surface area contributed by atoms with Crippen LogP contribution in [0.2, 0.25) is 0 Å². The number of methoxy groups -OCH3 is 3. The summed E-state index contributed by atoms with van der Waals surface area (Å²) in [6, 6.07) is 1.95. The van der Waals surface area contributed by atoms with E-state index in [9.17, 15) is 0 Å². The zero-order valence-corrected chi connectivity index (χ0v) is 10.8. The van der Waals surface area contributed by atoms with Gasteiger partial charge in [0, 0.05) is 11.1 Å². The first-order valence-electron chi connectivity index (χ1n) is 5.66. The van der Waals surface area contributed by atoms with Crippen LogP contribution in [0, 0.1) is 6.92 Å². The van der Waals surface area contributed by atoms with Crippen molar-refractivity contribution in [3.8, 4) is 17.2 Å². The van der Waals surface area contributed by atoms with E-state index in [2.05, 4.69) is 0 Å². The number of nitrogens with two attached hydrogens (primary N) is 1. The van der Waals surface area contributed by atoms with E-state index in [1.165, 1.54) is 0 Å². The minimum Gasteiger partial charge on any atom is -0.493 e. The maximum absolute atomic E-state index is 6.28. The molecule has 94 valence electrons. The van der Waals surface area contributed by atoms with Gasteiger partial charge in [-0.3, -0.25) is 0 Å². The summed E-state index contributed by atoms with van der Waals surface area (Å²) in [5.74, 6) is 1.99. The van der Waals surface area contributed by atoms with E-state index in [4.69, 9.17) is 19.9 Å². The van der Waals surface area contributed by atoms with Crippen LogP contribution in [0.5, 0.6) is 17.2 Å². The summed E-state index contributed by atoms with van der Waals surface area (Å²) in [4.78, 5) is 0. The van der Waals surface area contributed by atoms with Crippen molar-refractivity contribution in [2.45, 2.75) is 25.3 Å². The Bertz CT molecular complexity index is 439. The average molecular weight is 237 g/mol. The lowest BCUT2D eigenvalue weighted by atomic mass is 9.97. The van der Waals surface area contributed by atoms with Gasteiger partial charge in [-0.15, -0.1) is 0 Å². The van der Waals surface area contributed by atoms with Gasteiger partial charge in [-0.25, -0.2) is 0 Å². The minimum absolute atomic E-state index is 0.255. The Kier molecular flexibility index (Phi) is 2.91. The molecule has 17 heavy (non-hydrogen) atoms. The molecule has 1 aromatic carbocycles. The fourth-order valence-corrected chi connectivity index (χ4v) is 2.28. The summed E-state index contributed by atoms with van der Waals surface area (Å²) in [5.41, 5.74) is 8.15. The Labute approximate surface area is 102 Å². The highest BCUT2D eigenvalue weighted by molar-refractivity contribution is 5.62. The molecule has 0 heterocycles. The van der Waals surface area contributed by atoms with Gasteiger partial charge >= 0.3 is 0 Å². The molecule has 0 aromatic heterocycles. The van der Waals surface area contributed by atoms with Gasteiger partial charge in [0.05, 0.1) is 21.3 Å². The van der Waals surface area contributed by atoms with Gasteiger partial charge in [-0.1, -0.05) is 0 Å². The molecule has 0 bridgehead atoms. The lowest BCUT2D eigenvalue weighted by Crippen LogP contribution is -2.21. The smallest absolute Gasteiger partial charge is 0.203 e. The number of ether oxygens (including phenoxy) is 3. The topological polar surface area (TPSA) is 53.7 Å². The van der Waals surface area contributed by atoms with Crippen molar-refractivity contribution >= 4 is 0 Å². The predicted octanol–water partition coefficient (Wildman–Crippen LogP) is 1.97. The molecule has 1 aliphatic carbocycles. The molecule has 0 atom stereocenters. The molecule has 1 fully saturated rings. The van der Waals surface area contributed by atoms with E-state index in [0.717, 1.165) is 24.0 Å². The molecular formula is C13H19NO3. The molecule has 2 rings (SSSR count). The minimum atomic E-state index is -0.255. The zero-order chi connectivity index (χ0) is 12.6. The van der Waals surface area contributed by atoms with Gasteiger partial charge in [0.2, 0.25) is 5.75 Å². The summed E-state index contributed by atoms with van der Waals surface area (Å²) in [6.07, 6.45) is 1.97. The lowest BCUT2D eigenvalue weighted by Gasteiger charge is -2.21. The highest BCUT2D eigenvalue weighted by Gasteiger charge is 2.44. The third-order valence-electron chi connectivity index (χ3n) is 3.31. The summed E-state index contributed by atoms with van der Waals surface area (Å²) in [5, 5.41) is 0. The number of hydrogen-bond donors (Lipinski definition) is 1. The Morgan fingerprint density at radius 1 is 1.06 bits per heavy atom. The quantitative estimate of drug-likeness (QED) is 0.869. The van der Waals surface area contributed by atoms with Crippen LogP contribution in [0.15, 0.2) is 6.07 Å². The normalized spacial score (nSPS) is 16.5. The number of rotatable bonds is 4. The van der Waals surface area contributed by atoms with E-state index in [0.29, 0.717) is 17.2 Å². The van der Waals surface area contributed by atoms with Crippen molar-refractivity contribution in [2.75, 3.05) is 21.3 Å². The fraction of sp³-hybridized carbons (Fsp3) is 0.538. The van der Waals surface area contributed by atoms with Gasteiger partial charge < -0.3 is 19.9 Å². The SMILES string of the molecule is COc1cc(C)c(C2(N)CC2)c(OC)c1OC. The first kappa shape index (κ1) is 12.0. The maximum Gasteiger partial charge on any atom is 0.203 e. The second kappa shape index (κ2) is 4.11. The van der Waals surface area contributed by atoms with Crippen LogP contribution >= 0.6 is 0 Å². The van der Waals surface area contributed by atoms with Crippen molar-refractivity contribution in [3.63, 3.8) is 0 Å². The largest absolute Gasteiger partial charge is 0.493 e. The first-order chi connectivity index (χ1) is 8.07. The average Bonchev–Trinajstić information content (AvgIpc) is 3.06. The van der Waals surface area contributed by atoms with E-state index in [-0.39, 0.29) is 5.54 Å². The molecule has 1 aromatic rings. The lowest BCUT2D eigenvalue weighted by molar-refractivity contribution is 0.319. The van der Waals surface area contributed by atoms with E-state index in [1.807, 2.05) is 13.0 Å². The summed E-state index contributed by atoms with van der Waals surface area (Å²) >= 11 is 0. The highest BCUT2D eigenvalue weighted by atomic mass is 16.5. The van der Waals surface area contributed by atoms with Gasteiger partial charge in [0.25, 0.3) is 0 Å². The summed E-state index contributed by atoms with van der Waals surface area (Å²) < 4.78 is 16.1. The van der Waals surface area contributed by atoms with Crippen LogP contribution in [0.4, 0.5) is 0 Å². The monoisotopic (exact) mass is 237 g/mol. The van der Waals surface area contributed by atoms with Crippen molar-refractivity contribution in [3.05, 3.63) is 17.2 Å². The van der Waals surface area contributed by atoms with Crippen LogP contribution in [0.1, 0.15) is 24.0 Å². The van der Waals surface area contributed by atoms with Crippen molar-refractivity contribution < 1.29 is 14.2 Å². The molecule has 4 nitrogen and oxygen atoms in total. The Hall–Kier alpha value is -1.42. The second-order valence-electron chi connectivity index (χ2n) is 4.49. The molecule has 0 amide bonds. The second-order valence-corrected chi connectivity index (χ2v) is 4.49. The van der Waals surface area contributed by atoms with Crippen LogP contribution < -0.4 is 19.9 Å². The van der Waals surface area contributed by atoms with Crippen LogP contribution in [-0.4, -0.2) is 21.3 Å². The molecule has 0 unspecified atom stereocenters. The standard InChI is InChI=1S/C13H19NO3/c1-8-7-9(15-2)11(16-3)12(17-4)10(8)13(14)5-6-13/h7H,5-6,14H2,1-4H3. The fourth-order valence-electron chi connectivity index (χ4n) is 2.28. The molecule has 0 aliphatic heterocycles. The summed E-state index contributed by atoms with van der Waals surface area (Å²) in [6.45, 7) is 2.02. The van der Waals surface area contributed by atoms with Crippen molar-refractivity contribution in [2.24, 2.45) is 5.73 Å². The molecular weight excluding hydrogens is 218 g/mol. The van der Waals surface area contributed by atoms with Crippen LogP contribution in [-0.2, 0) is 5.54 Å². The molecule has 1 saturated carbocycles. The van der Waals surface area contributed by atoms with E-state index >= 15 is 0 Å². The van der Waals surface area contributed by atoms with Crippen LogP contribution in [0.3, 0.4) is 0 Å². The van der Waals surface area contributed by atoms with Gasteiger partial charge in [-0.05, 0) is 31.4 Å². The molecule has 0 saturated heterocycles. The zero-order valence-electron chi connectivity index (χ0n) is 10.8. The van der Waals surface area contributed by atoms with Crippen molar-refractivity contribution in [1.82, 2.24) is 0 Å². The van der Waals surface area contributed by atoms with E-state index in [1.54, 1.807) is 21.3 Å².